The molecule has 1 aromatic carbocycles. The number of amides is 3. The lowest BCUT2D eigenvalue weighted by Gasteiger charge is -2.25. The minimum absolute atomic E-state index is 0.0589. The van der Waals surface area contributed by atoms with Gasteiger partial charge in [0.25, 0.3) is 5.91 Å². The van der Waals surface area contributed by atoms with Gasteiger partial charge in [0.2, 0.25) is 11.8 Å². The van der Waals surface area contributed by atoms with E-state index in [9.17, 15) is 19.2 Å². The number of rotatable bonds is 5. The summed E-state index contributed by atoms with van der Waals surface area (Å²) in [5, 5.41) is 0. The number of carbonyl (C=O) groups is 4. The molecule has 1 saturated heterocycles. The fourth-order valence-electron chi connectivity index (χ4n) is 2.62. The molecule has 1 fully saturated rings. The van der Waals surface area contributed by atoms with Gasteiger partial charge >= 0.3 is 5.97 Å². The fourth-order valence-corrected chi connectivity index (χ4v) is 2.62. The van der Waals surface area contributed by atoms with Crippen molar-refractivity contribution < 1.29 is 23.9 Å². The van der Waals surface area contributed by atoms with E-state index in [0.717, 1.165) is 5.56 Å². The number of nitrogens with zero attached hydrogens (tertiary/aromatic N) is 1. The SMILES string of the molecule is CC(=O)NNC(=O)COC(=O)[C@@H]1CC(=O)N([C@@H](C)c2ccccc2)C1. The van der Waals surface area contributed by atoms with E-state index in [2.05, 4.69) is 10.9 Å². The van der Waals surface area contributed by atoms with Crippen LogP contribution in [-0.2, 0) is 23.9 Å². The molecular formula is C17H21N3O5. The van der Waals surface area contributed by atoms with Gasteiger partial charge in [-0.3, -0.25) is 30.0 Å². The summed E-state index contributed by atoms with van der Waals surface area (Å²) in [6.45, 7) is 2.87. The molecule has 0 saturated carbocycles. The molecule has 8 nitrogen and oxygen atoms in total. The van der Waals surface area contributed by atoms with Crippen LogP contribution in [0, 0.1) is 5.92 Å². The summed E-state index contributed by atoms with van der Waals surface area (Å²) in [7, 11) is 0. The maximum absolute atomic E-state index is 12.2. The topological polar surface area (TPSA) is 105 Å². The van der Waals surface area contributed by atoms with E-state index in [1.165, 1.54) is 6.92 Å². The number of hydrogen-bond acceptors (Lipinski definition) is 5. The van der Waals surface area contributed by atoms with Crippen LogP contribution >= 0.6 is 0 Å². The largest absolute Gasteiger partial charge is 0.455 e. The molecular weight excluding hydrogens is 326 g/mol. The highest BCUT2D eigenvalue weighted by molar-refractivity contribution is 5.88. The molecule has 134 valence electrons. The number of likely N-dealkylation sites (tertiary alicyclic amines) is 1. The van der Waals surface area contributed by atoms with Crippen molar-refractivity contribution in [1.29, 1.82) is 0 Å². The van der Waals surface area contributed by atoms with Gasteiger partial charge in [0.05, 0.1) is 12.0 Å². The Morgan fingerprint density at radius 2 is 1.92 bits per heavy atom. The number of hydrogen-bond donors (Lipinski definition) is 2. The number of benzene rings is 1. The minimum atomic E-state index is -0.651. The van der Waals surface area contributed by atoms with Gasteiger partial charge in [0.15, 0.2) is 6.61 Å². The summed E-state index contributed by atoms with van der Waals surface area (Å²) < 4.78 is 4.92. The van der Waals surface area contributed by atoms with E-state index in [1.807, 2.05) is 37.3 Å². The Bertz CT molecular complexity index is 662. The highest BCUT2D eigenvalue weighted by Crippen LogP contribution is 2.28. The van der Waals surface area contributed by atoms with Crippen molar-refractivity contribution in [2.75, 3.05) is 13.2 Å². The summed E-state index contributed by atoms with van der Waals surface area (Å²) in [5.74, 6) is -2.42. The standard InChI is InChI=1S/C17H21N3O5/c1-11(13-6-4-3-5-7-13)20-9-14(8-16(20)23)17(24)25-10-15(22)19-18-12(2)21/h3-7,11,14H,8-10H2,1-2H3,(H,18,21)(H,19,22)/t11-,14+/m0/s1. The molecule has 0 radical (unpaired) electrons. The van der Waals surface area contributed by atoms with Crippen LogP contribution in [-0.4, -0.2) is 41.7 Å². The zero-order valence-electron chi connectivity index (χ0n) is 14.2. The molecule has 25 heavy (non-hydrogen) atoms. The van der Waals surface area contributed by atoms with Crippen LogP contribution in [0.1, 0.15) is 31.9 Å². The molecule has 8 heteroatoms. The second kappa shape index (κ2) is 8.27. The van der Waals surface area contributed by atoms with E-state index in [-0.39, 0.29) is 24.9 Å². The molecule has 2 atom stereocenters. The lowest BCUT2D eigenvalue weighted by Crippen LogP contribution is -2.42. The van der Waals surface area contributed by atoms with Crippen LogP contribution in [0.2, 0.25) is 0 Å². The molecule has 2 N–H and O–H groups in total. The quantitative estimate of drug-likeness (QED) is 0.589. The van der Waals surface area contributed by atoms with E-state index in [1.54, 1.807) is 4.90 Å². The molecule has 1 aliphatic rings. The number of hydrazine groups is 1. The van der Waals surface area contributed by atoms with Gasteiger partial charge in [0, 0.05) is 19.9 Å². The summed E-state index contributed by atoms with van der Waals surface area (Å²) in [5.41, 5.74) is 5.17. The number of esters is 1. The van der Waals surface area contributed by atoms with Gasteiger partial charge in [-0.05, 0) is 12.5 Å². The normalized spacial score (nSPS) is 17.8. The predicted molar refractivity (Wildman–Crippen MR) is 87.6 cm³/mol. The van der Waals surface area contributed by atoms with Crippen LogP contribution in [0.25, 0.3) is 0 Å². The molecule has 1 aromatic rings. The molecule has 0 aromatic heterocycles. The summed E-state index contributed by atoms with van der Waals surface area (Å²) in [6.07, 6.45) is 0.0589. The minimum Gasteiger partial charge on any atom is -0.455 e. The van der Waals surface area contributed by atoms with Gasteiger partial charge in [-0.2, -0.15) is 0 Å². The number of ether oxygens (including phenoxy) is 1. The summed E-state index contributed by atoms with van der Waals surface area (Å²) in [6, 6.07) is 9.40. The Balaban J connectivity index is 1.86. The third-order valence-corrected chi connectivity index (χ3v) is 3.96. The van der Waals surface area contributed by atoms with E-state index in [4.69, 9.17) is 4.74 Å². The molecule has 0 aliphatic carbocycles. The zero-order valence-corrected chi connectivity index (χ0v) is 14.2. The fraction of sp³-hybridized carbons (Fsp3) is 0.412. The lowest BCUT2D eigenvalue weighted by molar-refractivity contribution is -0.152. The van der Waals surface area contributed by atoms with Crippen LogP contribution in [0.3, 0.4) is 0 Å². The smallest absolute Gasteiger partial charge is 0.311 e. The van der Waals surface area contributed by atoms with Crippen LogP contribution in [0.4, 0.5) is 0 Å². The Morgan fingerprint density at radius 3 is 2.56 bits per heavy atom. The molecule has 2 rings (SSSR count). The first-order valence-electron chi connectivity index (χ1n) is 7.95. The van der Waals surface area contributed by atoms with Crippen molar-refractivity contribution in [3.05, 3.63) is 35.9 Å². The highest BCUT2D eigenvalue weighted by atomic mass is 16.5. The first kappa shape index (κ1) is 18.4. The second-order valence-corrected chi connectivity index (χ2v) is 5.87. The monoisotopic (exact) mass is 347 g/mol. The maximum atomic E-state index is 12.2. The van der Waals surface area contributed by atoms with Gasteiger partial charge in [-0.1, -0.05) is 30.3 Å². The molecule has 0 spiro atoms. The Morgan fingerprint density at radius 1 is 1.24 bits per heavy atom. The highest BCUT2D eigenvalue weighted by Gasteiger charge is 2.38. The lowest BCUT2D eigenvalue weighted by atomic mass is 10.1. The number of nitrogens with one attached hydrogen (secondary N) is 2. The third kappa shape index (κ3) is 5.03. The average molecular weight is 347 g/mol. The Hall–Kier alpha value is -2.90. The first-order chi connectivity index (χ1) is 11.9. The predicted octanol–water partition coefficient (Wildman–Crippen LogP) is 0.307. The number of carbonyl (C=O) groups excluding carboxylic acids is 4. The molecule has 1 heterocycles. The Labute approximate surface area is 145 Å². The molecule has 3 amide bonds. The van der Waals surface area contributed by atoms with E-state index < -0.39 is 30.3 Å². The van der Waals surface area contributed by atoms with Crippen LogP contribution in [0.5, 0.6) is 0 Å². The van der Waals surface area contributed by atoms with Crippen molar-refractivity contribution in [3.8, 4) is 0 Å². The van der Waals surface area contributed by atoms with Gasteiger partial charge < -0.3 is 9.64 Å². The van der Waals surface area contributed by atoms with E-state index >= 15 is 0 Å². The molecule has 1 aliphatic heterocycles. The van der Waals surface area contributed by atoms with Crippen molar-refractivity contribution in [1.82, 2.24) is 15.8 Å². The van der Waals surface area contributed by atoms with Gasteiger partial charge in [-0.15, -0.1) is 0 Å². The van der Waals surface area contributed by atoms with Gasteiger partial charge in [0.1, 0.15) is 0 Å². The average Bonchev–Trinajstić information content (AvgIpc) is 2.99. The van der Waals surface area contributed by atoms with Crippen LogP contribution < -0.4 is 10.9 Å². The zero-order chi connectivity index (χ0) is 18.4. The van der Waals surface area contributed by atoms with E-state index in [0.29, 0.717) is 0 Å². The van der Waals surface area contributed by atoms with Gasteiger partial charge in [-0.25, -0.2) is 0 Å². The summed E-state index contributed by atoms with van der Waals surface area (Å²) in [4.78, 5) is 48.0. The maximum Gasteiger partial charge on any atom is 0.311 e. The van der Waals surface area contributed by atoms with Crippen molar-refractivity contribution in [2.24, 2.45) is 5.92 Å². The van der Waals surface area contributed by atoms with Crippen molar-refractivity contribution in [2.45, 2.75) is 26.3 Å². The summed E-state index contributed by atoms with van der Waals surface area (Å²) >= 11 is 0. The molecule has 0 unspecified atom stereocenters. The Kier molecular flexibility index (Phi) is 6.10. The third-order valence-electron chi connectivity index (χ3n) is 3.96. The van der Waals surface area contributed by atoms with Crippen LogP contribution in [0.15, 0.2) is 30.3 Å². The molecule has 0 bridgehead atoms. The second-order valence-electron chi connectivity index (χ2n) is 5.87. The first-order valence-corrected chi connectivity index (χ1v) is 7.95. The van der Waals surface area contributed by atoms with Crippen molar-refractivity contribution in [3.63, 3.8) is 0 Å². The van der Waals surface area contributed by atoms with Crippen molar-refractivity contribution >= 4 is 23.7 Å².